The second-order valence-electron chi connectivity index (χ2n) is 3.07. The van der Waals surface area contributed by atoms with Crippen molar-refractivity contribution in [3.63, 3.8) is 0 Å². The molecule has 1 heterocycles. The van der Waals surface area contributed by atoms with E-state index in [4.69, 9.17) is 4.55 Å². The summed E-state index contributed by atoms with van der Waals surface area (Å²) in [5.74, 6) is 0. The van der Waals surface area contributed by atoms with Gasteiger partial charge in [-0.1, -0.05) is 18.2 Å². The summed E-state index contributed by atoms with van der Waals surface area (Å²) in [5.41, 5.74) is 2.06. The summed E-state index contributed by atoms with van der Waals surface area (Å²) in [4.78, 5) is 0. The third-order valence-electron chi connectivity index (χ3n) is 2.26. The molecule has 0 radical (unpaired) electrons. The van der Waals surface area contributed by atoms with Gasteiger partial charge in [0.05, 0.1) is 5.69 Å². The Bertz CT molecular complexity index is 340. The van der Waals surface area contributed by atoms with Gasteiger partial charge in [-0.05, 0) is 24.5 Å². The van der Waals surface area contributed by atoms with Crippen LogP contribution in [0, 0.1) is 0 Å². The van der Waals surface area contributed by atoms with Crippen LogP contribution in [0.3, 0.4) is 0 Å². The zero-order chi connectivity index (χ0) is 9.26. The molecule has 1 aromatic rings. The summed E-state index contributed by atoms with van der Waals surface area (Å²) in [6.45, 7) is 0.667. The maximum absolute atomic E-state index is 11.0. The number of anilines is 1. The first-order valence-electron chi connectivity index (χ1n) is 4.25. The van der Waals surface area contributed by atoms with Crippen LogP contribution in [-0.4, -0.2) is 15.3 Å². The number of para-hydroxylation sites is 1. The molecule has 0 fully saturated rings. The van der Waals surface area contributed by atoms with Gasteiger partial charge in [-0.2, -0.15) is 0 Å². The van der Waals surface area contributed by atoms with E-state index in [1.165, 1.54) is 4.31 Å². The minimum Gasteiger partial charge on any atom is -0.289 e. The van der Waals surface area contributed by atoms with E-state index in [0.29, 0.717) is 6.54 Å². The van der Waals surface area contributed by atoms with Gasteiger partial charge in [0, 0.05) is 6.54 Å². The van der Waals surface area contributed by atoms with E-state index in [1.54, 1.807) is 0 Å². The molecule has 0 aromatic heterocycles. The van der Waals surface area contributed by atoms with Crippen LogP contribution in [-0.2, 0) is 17.7 Å². The van der Waals surface area contributed by atoms with Gasteiger partial charge in [-0.25, -0.2) is 4.21 Å². The van der Waals surface area contributed by atoms with Gasteiger partial charge >= 0.3 is 0 Å². The molecule has 0 saturated carbocycles. The van der Waals surface area contributed by atoms with Gasteiger partial charge in [-0.3, -0.25) is 8.86 Å². The summed E-state index contributed by atoms with van der Waals surface area (Å²) in [6, 6.07) is 7.75. The lowest BCUT2D eigenvalue weighted by Crippen LogP contribution is -2.30. The van der Waals surface area contributed by atoms with Crippen LogP contribution in [0.5, 0.6) is 0 Å². The van der Waals surface area contributed by atoms with E-state index in [2.05, 4.69) is 0 Å². The number of hydrogen-bond donors (Lipinski definition) is 1. The SMILES string of the molecule is O=S(O)N1CCCc2ccccc21. The molecule has 1 atom stereocenters. The number of aryl methyl sites for hydroxylation is 1. The molecular weight excluding hydrogens is 186 g/mol. The van der Waals surface area contributed by atoms with E-state index in [-0.39, 0.29) is 0 Å². The molecule has 1 aliphatic heterocycles. The topological polar surface area (TPSA) is 40.5 Å². The summed E-state index contributed by atoms with van der Waals surface area (Å²) >= 11 is -1.88. The Morgan fingerprint density at radius 3 is 2.92 bits per heavy atom. The predicted octanol–water partition coefficient (Wildman–Crippen LogP) is 1.58. The van der Waals surface area contributed by atoms with Crippen molar-refractivity contribution < 1.29 is 8.76 Å². The van der Waals surface area contributed by atoms with Gasteiger partial charge in [0.25, 0.3) is 11.3 Å². The smallest absolute Gasteiger partial charge is 0.261 e. The van der Waals surface area contributed by atoms with Crippen molar-refractivity contribution in [1.29, 1.82) is 0 Å². The predicted molar refractivity (Wildman–Crippen MR) is 52.9 cm³/mol. The lowest BCUT2D eigenvalue weighted by Gasteiger charge is -2.26. The molecule has 4 heteroatoms. The van der Waals surface area contributed by atoms with Crippen LogP contribution in [0.15, 0.2) is 24.3 Å². The Labute approximate surface area is 79.8 Å². The summed E-state index contributed by atoms with van der Waals surface area (Å²) in [6.07, 6.45) is 1.95. The first-order chi connectivity index (χ1) is 6.29. The Morgan fingerprint density at radius 1 is 1.38 bits per heavy atom. The van der Waals surface area contributed by atoms with Gasteiger partial charge in [0.15, 0.2) is 0 Å². The van der Waals surface area contributed by atoms with E-state index in [9.17, 15) is 4.21 Å². The molecular formula is C9H11NO2S. The highest BCUT2D eigenvalue weighted by Gasteiger charge is 2.19. The highest BCUT2D eigenvalue weighted by atomic mass is 32.2. The minimum atomic E-state index is -1.88. The fourth-order valence-corrected chi connectivity index (χ4v) is 2.29. The van der Waals surface area contributed by atoms with Crippen molar-refractivity contribution in [1.82, 2.24) is 0 Å². The van der Waals surface area contributed by atoms with E-state index >= 15 is 0 Å². The monoisotopic (exact) mass is 197 g/mol. The van der Waals surface area contributed by atoms with Crippen LogP contribution >= 0.6 is 0 Å². The summed E-state index contributed by atoms with van der Waals surface area (Å²) < 4.78 is 21.5. The second-order valence-corrected chi connectivity index (χ2v) is 3.97. The van der Waals surface area contributed by atoms with Gasteiger partial charge < -0.3 is 0 Å². The fraction of sp³-hybridized carbons (Fsp3) is 0.333. The molecule has 2 rings (SSSR count). The van der Waals surface area contributed by atoms with E-state index in [1.807, 2.05) is 24.3 Å². The van der Waals surface area contributed by atoms with Gasteiger partial charge in [0.2, 0.25) is 0 Å². The Hall–Kier alpha value is -0.870. The van der Waals surface area contributed by atoms with Gasteiger partial charge in [0.1, 0.15) is 0 Å². The van der Waals surface area contributed by atoms with Crippen LogP contribution in [0.25, 0.3) is 0 Å². The maximum atomic E-state index is 11.0. The van der Waals surface area contributed by atoms with Crippen molar-refractivity contribution in [3.05, 3.63) is 29.8 Å². The molecule has 1 aromatic carbocycles. The molecule has 0 saturated heterocycles. The summed E-state index contributed by atoms with van der Waals surface area (Å²) in [7, 11) is 0. The average Bonchev–Trinajstić information content (AvgIpc) is 2.17. The third-order valence-corrected chi connectivity index (χ3v) is 3.01. The Balaban J connectivity index is 2.42. The van der Waals surface area contributed by atoms with Crippen molar-refractivity contribution in [2.75, 3.05) is 10.8 Å². The van der Waals surface area contributed by atoms with Crippen molar-refractivity contribution in [2.24, 2.45) is 0 Å². The minimum absolute atomic E-state index is 0.667. The Kier molecular flexibility index (Phi) is 2.33. The first-order valence-corrected chi connectivity index (χ1v) is 5.32. The zero-order valence-corrected chi connectivity index (χ0v) is 7.96. The largest absolute Gasteiger partial charge is 0.289 e. The number of rotatable bonds is 1. The fourth-order valence-electron chi connectivity index (χ4n) is 1.66. The van der Waals surface area contributed by atoms with Crippen molar-refractivity contribution in [2.45, 2.75) is 12.8 Å². The molecule has 13 heavy (non-hydrogen) atoms. The molecule has 0 amide bonds. The van der Waals surface area contributed by atoms with E-state index < -0.39 is 11.3 Å². The van der Waals surface area contributed by atoms with Gasteiger partial charge in [-0.15, -0.1) is 0 Å². The van der Waals surface area contributed by atoms with Crippen molar-refractivity contribution in [3.8, 4) is 0 Å². The lowest BCUT2D eigenvalue weighted by molar-refractivity contribution is 0.555. The quantitative estimate of drug-likeness (QED) is 0.694. The number of nitrogens with zero attached hydrogens (tertiary/aromatic N) is 1. The van der Waals surface area contributed by atoms with E-state index in [0.717, 1.165) is 24.1 Å². The van der Waals surface area contributed by atoms with Crippen LogP contribution < -0.4 is 4.31 Å². The van der Waals surface area contributed by atoms with Crippen LogP contribution in [0.4, 0.5) is 5.69 Å². The second kappa shape index (κ2) is 3.47. The Morgan fingerprint density at radius 2 is 2.15 bits per heavy atom. The molecule has 1 aliphatic rings. The molecule has 0 bridgehead atoms. The summed E-state index contributed by atoms with van der Waals surface area (Å²) in [5, 5.41) is 0. The number of hydrogen-bond acceptors (Lipinski definition) is 1. The molecule has 3 nitrogen and oxygen atoms in total. The molecule has 1 unspecified atom stereocenters. The molecule has 1 N–H and O–H groups in total. The maximum Gasteiger partial charge on any atom is 0.261 e. The standard InChI is InChI=1S/C9H11NO2S/c11-13(12)10-7-3-5-8-4-1-2-6-9(8)10/h1-2,4,6H,3,5,7H2,(H,11,12). The van der Waals surface area contributed by atoms with Crippen molar-refractivity contribution >= 4 is 17.0 Å². The molecule has 0 spiro atoms. The average molecular weight is 197 g/mol. The first kappa shape index (κ1) is 8.72. The molecule has 70 valence electrons. The normalized spacial score (nSPS) is 18.1. The number of benzene rings is 1. The van der Waals surface area contributed by atoms with Crippen LogP contribution in [0.2, 0.25) is 0 Å². The highest BCUT2D eigenvalue weighted by Crippen LogP contribution is 2.26. The molecule has 0 aliphatic carbocycles. The number of fused-ring (bicyclic) bond motifs is 1. The zero-order valence-electron chi connectivity index (χ0n) is 7.14. The third kappa shape index (κ3) is 1.59. The highest BCUT2D eigenvalue weighted by molar-refractivity contribution is 7.80. The lowest BCUT2D eigenvalue weighted by atomic mass is 10.0. The van der Waals surface area contributed by atoms with Crippen LogP contribution in [0.1, 0.15) is 12.0 Å².